The lowest BCUT2D eigenvalue weighted by Crippen LogP contribution is -2.12. The Morgan fingerprint density at radius 2 is 1.10 bits per heavy atom. The molecule has 1 N–H and O–H groups in total. The predicted octanol–water partition coefficient (Wildman–Crippen LogP) is 2.38. The van der Waals surface area contributed by atoms with E-state index in [-0.39, 0.29) is 6.47 Å². The average Bonchev–Trinajstić information content (AvgIpc) is 2.50. The summed E-state index contributed by atoms with van der Waals surface area (Å²) in [7, 11) is 0. The van der Waals surface area contributed by atoms with Crippen molar-refractivity contribution in [3.63, 3.8) is 0 Å². The lowest BCUT2D eigenvalue weighted by atomic mass is 10.2. The fraction of sp³-hybridized carbons (Fsp3) is 0. The summed E-state index contributed by atoms with van der Waals surface area (Å²) in [6.07, 6.45) is 0. The fourth-order valence-electron chi connectivity index (χ4n) is 1.35. The van der Waals surface area contributed by atoms with Gasteiger partial charge in [0.2, 0.25) is 0 Å². The highest BCUT2D eigenvalue weighted by atomic mass is 16.6. The highest BCUT2D eigenvalue weighted by Gasteiger charge is 2.13. The molecule has 0 saturated carbocycles. The van der Waals surface area contributed by atoms with E-state index in [4.69, 9.17) is 14.6 Å². The molecule has 0 aliphatic carbocycles. The topological polar surface area (TPSA) is 80.7 Å². The molecule has 0 atom stereocenters. The van der Waals surface area contributed by atoms with E-state index >= 15 is 0 Å². The third-order valence-electron chi connectivity index (χ3n) is 2.20. The number of rotatable bonds is 2. The van der Waals surface area contributed by atoms with Gasteiger partial charge in [0.25, 0.3) is 6.47 Å². The van der Waals surface area contributed by atoms with Gasteiger partial charge in [0.1, 0.15) is 0 Å². The van der Waals surface area contributed by atoms with Crippen LogP contribution in [0.15, 0.2) is 60.7 Å². The second-order valence-corrected chi connectivity index (χ2v) is 3.51. The molecule has 5 heteroatoms. The number of benzene rings is 2. The normalized spacial score (nSPS) is 8.80. The molecule has 2 rings (SSSR count). The zero-order valence-corrected chi connectivity index (χ0v) is 10.4. The number of ether oxygens (including phenoxy) is 1. The summed E-state index contributed by atoms with van der Waals surface area (Å²) in [6.45, 7) is -0.250. The maximum absolute atomic E-state index is 11.6. The Labute approximate surface area is 115 Å². The van der Waals surface area contributed by atoms with Crippen molar-refractivity contribution < 1.29 is 24.2 Å². The van der Waals surface area contributed by atoms with Gasteiger partial charge in [-0.2, -0.15) is 0 Å². The van der Waals surface area contributed by atoms with Gasteiger partial charge in [-0.15, -0.1) is 0 Å². The molecule has 2 aromatic carbocycles. The Morgan fingerprint density at radius 1 is 0.800 bits per heavy atom. The summed E-state index contributed by atoms with van der Waals surface area (Å²) in [5.74, 6) is -1.28. The number of hydrogen-bond donors (Lipinski definition) is 1. The second-order valence-electron chi connectivity index (χ2n) is 3.51. The van der Waals surface area contributed by atoms with E-state index in [2.05, 4.69) is 0 Å². The molecule has 0 aromatic heterocycles. The summed E-state index contributed by atoms with van der Waals surface area (Å²) < 4.78 is 4.74. The van der Waals surface area contributed by atoms with Crippen LogP contribution in [0.1, 0.15) is 20.7 Å². The quantitative estimate of drug-likeness (QED) is 0.515. The van der Waals surface area contributed by atoms with Crippen LogP contribution in [-0.4, -0.2) is 23.5 Å². The number of esters is 2. The van der Waals surface area contributed by atoms with Crippen LogP contribution in [0.3, 0.4) is 0 Å². The summed E-state index contributed by atoms with van der Waals surface area (Å²) in [5, 5.41) is 6.89. The van der Waals surface area contributed by atoms with Crippen molar-refractivity contribution in [2.75, 3.05) is 0 Å². The number of carbonyl (C=O) groups excluding carboxylic acids is 2. The van der Waals surface area contributed by atoms with E-state index in [9.17, 15) is 9.59 Å². The zero-order valence-electron chi connectivity index (χ0n) is 10.4. The van der Waals surface area contributed by atoms with Gasteiger partial charge in [-0.05, 0) is 24.3 Å². The molecule has 102 valence electrons. The van der Waals surface area contributed by atoms with Crippen LogP contribution in [0, 0.1) is 0 Å². The van der Waals surface area contributed by atoms with Crippen LogP contribution in [0.5, 0.6) is 0 Å². The van der Waals surface area contributed by atoms with Crippen LogP contribution in [0.2, 0.25) is 0 Å². The van der Waals surface area contributed by atoms with Gasteiger partial charge in [0.15, 0.2) is 0 Å². The van der Waals surface area contributed by atoms with E-state index in [1.807, 2.05) is 0 Å². The van der Waals surface area contributed by atoms with Gasteiger partial charge >= 0.3 is 11.9 Å². The zero-order chi connectivity index (χ0) is 14.8. The van der Waals surface area contributed by atoms with Crippen LogP contribution in [0.4, 0.5) is 0 Å². The molecule has 0 saturated heterocycles. The van der Waals surface area contributed by atoms with Gasteiger partial charge in [-0.25, -0.2) is 9.59 Å². The van der Waals surface area contributed by atoms with Crippen molar-refractivity contribution in [2.45, 2.75) is 0 Å². The van der Waals surface area contributed by atoms with E-state index in [0.717, 1.165) is 0 Å². The summed E-state index contributed by atoms with van der Waals surface area (Å²) >= 11 is 0. The molecule has 0 unspecified atom stereocenters. The fourth-order valence-corrected chi connectivity index (χ4v) is 1.35. The lowest BCUT2D eigenvalue weighted by molar-refractivity contribution is -0.122. The molecular formula is C15H12O5. The molecule has 2 aromatic rings. The Hall–Kier alpha value is -2.95. The maximum Gasteiger partial charge on any atom is 0.346 e. The molecule has 5 nitrogen and oxygen atoms in total. The van der Waals surface area contributed by atoms with Crippen molar-refractivity contribution >= 4 is 18.4 Å². The largest absolute Gasteiger partial charge is 0.483 e. The summed E-state index contributed by atoms with van der Waals surface area (Å²) in [6, 6.07) is 16.8. The standard InChI is InChI=1S/C14H10O3.CH2O2/c15-13(11-7-3-1-4-8-11)17-14(16)12-9-5-2-6-10-12;2-1-3/h1-10H;1H,(H,2,3). The van der Waals surface area contributed by atoms with Gasteiger partial charge in [0, 0.05) is 0 Å². The second kappa shape index (κ2) is 8.20. The summed E-state index contributed by atoms with van der Waals surface area (Å²) in [5.41, 5.74) is 0.716. The van der Waals surface area contributed by atoms with Crippen LogP contribution >= 0.6 is 0 Å². The molecule has 0 radical (unpaired) electrons. The molecule has 0 heterocycles. The van der Waals surface area contributed by atoms with E-state index in [1.165, 1.54) is 0 Å². The van der Waals surface area contributed by atoms with Crippen molar-refractivity contribution in [1.29, 1.82) is 0 Å². The van der Waals surface area contributed by atoms with Crippen LogP contribution in [0.25, 0.3) is 0 Å². The SMILES string of the molecule is O=C(OC(=O)c1ccccc1)c1ccccc1.O=CO. The minimum Gasteiger partial charge on any atom is -0.483 e. The highest BCUT2D eigenvalue weighted by molar-refractivity contribution is 6.02. The Bertz CT molecular complexity index is 514. The third kappa shape index (κ3) is 4.73. The van der Waals surface area contributed by atoms with E-state index in [1.54, 1.807) is 60.7 Å². The van der Waals surface area contributed by atoms with E-state index < -0.39 is 11.9 Å². The number of carbonyl (C=O) groups is 3. The van der Waals surface area contributed by atoms with Crippen LogP contribution < -0.4 is 0 Å². The molecule has 0 aliphatic rings. The monoisotopic (exact) mass is 272 g/mol. The van der Waals surface area contributed by atoms with Crippen molar-refractivity contribution in [1.82, 2.24) is 0 Å². The van der Waals surface area contributed by atoms with Gasteiger partial charge in [0.05, 0.1) is 11.1 Å². The van der Waals surface area contributed by atoms with Crippen LogP contribution in [-0.2, 0) is 9.53 Å². The molecule has 0 aliphatic heterocycles. The first kappa shape index (κ1) is 15.1. The van der Waals surface area contributed by atoms with E-state index in [0.29, 0.717) is 11.1 Å². The smallest absolute Gasteiger partial charge is 0.346 e. The number of hydrogen-bond acceptors (Lipinski definition) is 4. The average molecular weight is 272 g/mol. The molecule has 0 amide bonds. The molecule has 0 bridgehead atoms. The minimum atomic E-state index is -0.639. The van der Waals surface area contributed by atoms with Crippen molar-refractivity contribution in [3.8, 4) is 0 Å². The Morgan fingerprint density at radius 3 is 1.40 bits per heavy atom. The molecular weight excluding hydrogens is 260 g/mol. The number of carboxylic acid groups (broad SMARTS) is 1. The third-order valence-corrected chi connectivity index (χ3v) is 2.20. The first-order valence-electron chi connectivity index (χ1n) is 5.63. The molecule has 20 heavy (non-hydrogen) atoms. The minimum absolute atomic E-state index is 0.250. The Kier molecular flexibility index (Phi) is 6.20. The van der Waals surface area contributed by atoms with Crippen molar-refractivity contribution in [3.05, 3.63) is 71.8 Å². The van der Waals surface area contributed by atoms with Gasteiger partial charge in [-0.1, -0.05) is 36.4 Å². The van der Waals surface area contributed by atoms with Crippen molar-refractivity contribution in [2.24, 2.45) is 0 Å². The van der Waals surface area contributed by atoms with Gasteiger partial charge in [-0.3, -0.25) is 4.79 Å². The Balaban J connectivity index is 0.000000612. The molecule has 0 spiro atoms. The first-order valence-corrected chi connectivity index (χ1v) is 5.63. The van der Waals surface area contributed by atoms with Gasteiger partial charge < -0.3 is 9.84 Å². The highest BCUT2D eigenvalue weighted by Crippen LogP contribution is 2.05. The molecule has 0 fully saturated rings. The predicted molar refractivity (Wildman–Crippen MR) is 71.3 cm³/mol. The maximum atomic E-state index is 11.6. The summed E-state index contributed by atoms with van der Waals surface area (Å²) in [4.78, 5) is 31.5. The lowest BCUT2D eigenvalue weighted by Gasteiger charge is -2.02. The first-order chi connectivity index (χ1) is 9.69.